The second kappa shape index (κ2) is 9.64. The first kappa shape index (κ1) is 20.3. The van der Waals surface area contributed by atoms with Crippen molar-refractivity contribution in [2.75, 3.05) is 5.32 Å². The number of nitrogens with zero attached hydrogens (tertiary/aromatic N) is 1. The van der Waals surface area contributed by atoms with Crippen molar-refractivity contribution in [1.82, 2.24) is 0 Å². The van der Waals surface area contributed by atoms with Crippen LogP contribution in [0.4, 0.5) is 23.2 Å². The first-order chi connectivity index (χ1) is 12.9. The van der Waals surface area contributed by atoms with E-state index in [0.717, 1.165) is 6.08 Å². The van der Waals surface area contributed by atoms with Crippen LogP contribution in [0.5, 0.6) is 5.75 Å². The number of hydrogen-bond donors (Lipinski definition) is 1. The number of nitrogens with one attached hydrogen (secondary N) is 1. The maximum atomic E-state index is 12.4. The van der Waals surface area contributed by atoms with Crippen LogP contribution in [0.15, 0.2) is 59.0 Å². The second-order valence-corrected chi connectivity index (χ2v) is 6.01. The predicted octanol–water partition coefficient (Wildman–Crippen LogP) is 5.15. The highest BCUT2D eigenvalue weighted by molar-refractivity contribution is 7.99. The molecule has 2 aromatic carbocycles. The van der Waals surface area contributed by atoms with Crippen LogP contribution in [0.2, 0.25) is 0 Å². The molecule has 0 bridgehead atoms. The van der Waals surface area contributed by atoms with Crippen LogP contribution in [-0.4, -0.2) is 18.3 Å². The number of thioether (sulfide) groups is 1. The van der Waals surface area contributed by atoms with Gasteiger partial charge in [-0.1, -0.05) is 30.0 Å². The Kier molecular flexibility index (Phi) is 7.25. The molecule has 0 aliphatic rings. The molecular weight excluding hydrogens is 384 g/mol. The first-order valence-corrected chi connectivity index (χ1v) is 8.29. The Bertz CT molecular complexity index is 864. The Balaban J connectivity index is 2.17. The van der Waals surface area contributed by atoms with Crippen molar-refractivity contribution in [3.63, 3.8) is 0 Å². The lowest BCUT2D eigenvalue weighted by atomic mass is 10.1. The number of benzene rings is 2. The molecule has 0 heterocycles. The van der Waals surface area contributed by atoms with Crippen molar-refractivity contribution in [2.24, 2.45) is 0 Å². The number of amides is 1. The highest BCUT2D eigenvalue weighted by atomic mass is 32.2. The molecule has 9 heteroatoms. The normalized spacial score (nSPS) is 11.4. The highest BCUT2D eigenvalue weighted by Crippen LogP contribution is 2.27. The number of ether oxygens (including phenoxy) is 1. The summed E-state index contributed by atoms with van der Waals surface area (Å²) in [6, 6.07) is 13.0. The molecule has 0 aromatic heterocycles. The van der Waals surface area contributed by atoms with Gasteiger partial charge in [0.2, 0.25) is 0 Å². The van der Waals surface area contributed by atoms with Gasteiger partial charge in [-0.15, -0.1) is 0 Å². The van der Waals surface area contributed by atoms with Gasteiger partial charge in [-0.25, -0.2) is 0 Å². The number of carbonyl (C=O) groups is 1. The Morgan fingerprint density at radius 1 is 1.11 bits per heavy atom. The molecule has 1 amide bonds. The van der Waals surface area contributed by atoms with Gasteiger partial charge in [-0.2, -0.15) is 22.8 Å². The molecule has 0 aliphatic heterocycles. The van der Waals surface area contributed by atoms with Crippen molar-refractivity contribution in [3.8, 4) is 11.8 Å². The molecule has 0 fully saturated rings. The third-order valence-corrected chi connectivity index (χ3v) is 3.86. The number of anilines is 1. The highest BCUT2D eigenvalue weighted by Gasteiger charge is 2.13. The minimum Gasteiger partial charge on any atom is -0.434 e. The van der Waals surface area contributed by atoms with E-state index in [1.807, 2.05) is 0 Å². The van der Waals surface area contributed by atoms with Crippen molar-refractivity contribution in [1.29, 1.82) is 5.26 Å². The minimum atomic E-state index is -3.05. The summed E-state index contributed by atoms with van der Waals surface area (Å²) in [5.41, 5.74) is 0.0800. The molecule has 140 valence electrons. The van der Waals surface area contributed by atoms with Gasteiger partial charge in [0.15, 0.2) is 0 Å². The number of rotatable bonds is 7. The summed E-state index contributed by atoms with van der Waals surface area (Å²) in [5, 5.41) is 11.6. The summed E-state index contributed by atoms with van der Waals surface area (Å²) in [6.07, 6.45) is 1.12. The molecule has 1 N–H and O–H groups in total. The zero-order valence-corrected chi connectivity index (χ0v) is 14.4. The van der Waals surface area contributed by atoms with Gasteiger partial charge in [0.1, 0.15) is 17.4 Å². The number of alkyl halides is 4. The molecule has 0 spiro atoms. The number of nitriles is 1. The summed E-state index contributed by atoms with van der Waals surface area (Å²) < 4.78 is 53.8. The summed E-state index contributed by atoms with van der Waals surface area (Å²) in [5.74, 6) is -3.52. The van der Waals surface area contributed by atoms with Gasteiger partial charge in [-0.3, -0.25) is 4.79 Å². The van der Waals surface area contributed by atoms with Crippen molar-refractivity contribution >= 4 is 29.4 Å². The maximum Gasteiger partial charge on any atom is 0.387 e. The van der Waals surface area contributed by atoms with Crippen LogP contribution in [0.25, 0.3) is 6.08 Å². The zero-order chi connectivity index (χ0) is 19.8. The largest absolute Gasteiger partial charge is 0.434 e. The average Bonchev–Trinajstić information content (AvgIpc) is 2.61. The lowest BCUT2D eigenvalue weighted by Gasteiger charge is -2.09. The topological polar surface area (TPSA) is 62.1 Å². The van der Waals surface area contributed by atoms with Crippen LogP contribution < -0.4 is 10.1 Å². The Hall–Kier alpha value is -2.99. The van der Waals surface area contributed by atoms with Gasteiger partial charge in [0.05, 0.1) is 0 Å². The number of hydrogen-bond acceptors (Lipinski definition) is 4. The monoisotopic (exact) mass is 396 g/mol. The third kappa shape index (κ3) is 6.34. The zero-order valence-electron chi connectivity index (χ0n) is 13.5. The molecule has 0 saturated carbocycles. The number of para-hydroxylation sites is 1. The van der Waals surface area contributed by atoms with E-state index in [9.17, 15) is 27.6 Å². The average molecular weight is 396 g/mol. The van der Waals surface area contributed by atoms with E-state index in [2.05, 4.69) is 10.1 Å². The van der Waals surface area contributed by atoms with E-state index in [1.165, 1.54) is 48.5 Å². The number of carbonyl (C=O) groups excluding carboxylic acids is 1. The third-order valence-electron chi connectivity index (χ3n) is 3.14. The molecule has 0 saturated heterocycles. The van der Waals surface area contributed by atoms with Gasteiger partial charge >= 0.3 is 6.61 Å². The van der Waals surface area contributed by atoms with E-state index in [1.54, 1.807) is 6.07 Å². The van der Waals surface area contributed by atoms with E-state index >= 15 is 0 Å². The van der Waals surface area contributed by atoms with Gasteiger partial charge in [0.25, 0.3) is 11.7 Å². The van der Waals surface area contributed by atoms with Gasteiger partial charge < -0.3 is 10.1 Å². The van der Waals surface area contributed by atoms with Gasteiger partial charge in [0, 0.05) is 16.1 Å². The smallest absolute Gasteiger partial charge is 0.387 e. The molecule has 0 aliphatic carbocycles. The fraction of sp³-hybridized carbons (Fsp3) is 0.111. The fourth-order valence-corrected chi connectivity index (χ4v) is 2.52. The first-order valence-electron chi connectivity index (χ1n) is 7.41. The van der Waals surface area contributed by atoms with Crippen molar-refractivity contribution in [2.45, 2.75) is 17.3 Å². The van der Waals surface area contributed by atoms with E-state index in [0.29, 0.717) is 16.7 Å². The summed E-state index contributed by atoms with van der Waals surface area (Å²) in [6.45, 7) is -3.05. The number of halogens is 4. The Labute approximate surface area is 156 Å². The quantitative estimate of drug-likeness (QED) is 0.304. The SMILES string of the molecule is N#CC(=Cc1ccccc1OC(F)F)C(=O)Nc1ccc(SC(F)F)cc1. The summed E-state index contributed by atoms with van der Waals surface area (Å²) in [4.78, 5) is 12.5. The van der Waals surface area contributed by atoms with Crippen LogP contribution in [0.1, 0.15) is 5.56 Å². The molecule has 0 atom stereocenters. The predicted molar refractivity (Wildman–Crippen MR) is 93.6 cm³/mol. The Morgan fingerprint density at radius 3 is 2.37 bits per heavy atom. The van der Waals surface area contributed by atoms with Crippen molar-refractivity contribution < 1.29 is 27.1 Å². The molecular formula is C18H12F4N2O2S. The summed E-state index contributed by atoms with van der Waals surface area (Å²) >= 11 is 0.360. The molecule has 0 radical (unpaired) electrons. The standard InChI is InChI=1S/C18H12F4N2O2S/c19-17(20)26-15-4-2-1-3-11(15)9-12(10-23)16(25)24-13-5-7-14(8-6-13)27-18(21)22/h1-9,17-18H,(H,24,25). The summed E-state index contributed by atoms with van der Waals surface area (Å²) in [7, 11) is 0. The molecule has 27 heavy (non-hydrogen) atoms. The lowest BCUT2D eigenvalue weighted by molar-refractivity contribution is -0.112. The lowest BCUT2D eigenvalue weighted by Crippen LogP contribution is -2.13. The fourth-order valence-electron chi connectivity index (χ4n) is 2.03. The molecule has 0 unspecified atom stereocenters. The van der Waals surface area contributed by atoms with Gasteiger partial charge in [-0.05, 0) is 36.4 Å². The van der Waals surface area contributed by atoms with E-state index in [-0.39, 0.29) is 22.6 Å². The van der Waals surface area contributed by atoms with Crippen LogP contribution in [0, 0.1) is 11.3 Å². The van der Waals surface area contributed by atoms with Crippen LogP contribution in [-0.2, 0) is 4.79 Å². The van der Waals surface area contributed by atoms with Crippen LogP contribution in [0.3, 0.4) is 0 Å². The Morgan fingerprint density at radius 2 is 1.78 bits per heavy atom. The van der Waals surface area contributed by atoms with E-state index < -0.39 is 18.3 Å². The molecule has 2 aromatic rings. The maximum absolute atomic E-state index is 12.4. The second-order valence-electron chi connectivity index (χ2n) is 4.94. The molecule has 2 rings (SSSR count). The minimum absolute atomic E-state index is 0.133. The van der Waals surface area contributed by atoms with Crippen molar-refractivity contribution in [3.05, 3.63) is 59.7 Å². The van der Waals surface area contributed by atoms with E-state index in [4.69, 9.17) is 0 Å². The van der Waals surface area contributed by atoms with Crippen LogP contribution >= 0.6 is 11.8 Å². The molecule has 4 nitrogen and oxygen atoms in total.